The first kappa shape index (κ1) is 16.9. The van der Waals surface area contributed by atoms with Crippen molar-refractivity contribution < 1.29 is 12.8 Å². The molecule has 0 aliphatic heterocycles. The van der Waals surface area contributed by atoms with Gasteiger partial charge in [0.05, 0.1) is 10.6 Å². The van der Waals surface area contributed by atoms with E-state index in [0.717, 1.165) is 25.7 Å². The van der Waals surface area contributed by atoms with Gasteiger partial charge in [0.15, 0.2) is 0 Å². The van der Waals surface area contributed by atoms with E-state index in [9.17, 15) is 12.8 Å². The van der Waals surface area contributed by atoms with E-state index in [1.165, 1.54) is 12.1 Å². The van der Waals surface area contributed by atoms with Crippen LogP contribution in [-0.4, -0.2) is 39.5 Å². The summed E-state index contributed by atoms with van der Waals surface area (Å²) in [4.78, 5) is 2.10. The van der Waals surface area contributed by atoms with Crippen molar-refractivity contribution in [2.45, 2.75) is 25.2 Å². The van der Waals surface area contributed by atoms with Crippen LogP contribution in [0.25, 0.3) is 0 Å². The lowest BCUT2D eigenvalue weighted by Crippen LogP contribution is -2.30. The zero-order chi connectivity index (χ0) is 15.2. The molecule has 0 unspecified atom stereocenters. The Bertz CT molecular complexity index is 530. The monoisotopic (exact) mass is 303 g/mol. The summed E-state index contributed by atoms with van der Waals surface area (Å²) < 4.78 is 39.6. The molecule has 0 amide bonds. The van der Waals surface area contributed by atoms with Crippen molar-refractivity contribution in [3.63, 3.8) is 0 Å². The third kappa shape index (κ3) is 4.73. The summed E-state index contributed by atoms with van der Waals surface area (Å²) in [5.74, 6) is -0.726. The number of sulfonamides is 1. The molecule has 0 spiro atoms. The predicted molar refractivity (Wildman–Crippen MR) is 78.4 cm³/mol. The predicted octanol–water partition coefficient (Wildman–Crippen LogP) is 1.42. The van der Waals surface area contributed by atoms with Gasteiger partial charge in [0, 0.05) is 6.54 Å². The lowest BCUT2D eigenvalue weighted by atomic mass is 10.3. The van der Waals surface area contributed by atoms with Crippen LogP contribution in [0.4, 0.5) is 10.1 Å². The van der Waals surface area contributed by atoms with Crippen LogP contribution >= 0.6 is 0 Å². The molecule has 0 aliphatic rings. The van der Waals surface area contributed by atoms with Gasteiger partial charge in [0.2, 0.25) is 10.0 Å². The molecular formula is C13H22FN3O2S. The van der Waals surface area contributed by atoms with Gasteiger partial charge in [-0.25, -0.2) is 17.5 Å². The molecular weight excluding hydrogens is 281 g/mol. The Morgan fingerprint density at radius 1 is 1.30 bits per heavy atom. The maximum Gasteiger partial charge on any atom is 0.240 e. The van der Waals surface area contributed by atoms with Crippen LogP contribution in [0.15, 0.2) is 23.1 Å². The molecule has 3 N–H and O–H groups in total. The summed E-state index contributed by atoms with van der Waals surface area (Å²) in [7, 11) is -3.68. The number of hydrogen-bond donors (Lipinski definition) is 2. The summed E-state index contributed by atoms with van der Waals surface area (Å²) in [5, 5.41) is 0. The topological polar surface area (TPSA) is 75.4 Å². The average Bonchev–Trinajstić information content (AvgIpc) is 2.42. The SMILES string of the molecule is CCN(CC)CCCNS(=O)(=O)c1ccc(N)c(F)c1. The maximum atomic E-state index is 13.3. The summed E-state index contributed by atoms with van der Waals surface area (Å²) in [5.41, 5.74) is 5.26. The van der Waals surface area contributed by atoms with Crippen molar-refractivity contribution in [3.8, 4) is 0 Å². The number of halogens is 1. The van der Waals surface area contributed by atoms with Crippen molar-refractivity contribution in [1.29, 1.82) is 0 Å². The van der Waals surface area contributed by atoms with Gasteiger partial charge in [-0.3, -0.25) is 0 Å². The molecule has 0 saturated heterocycles. The van der Waals surface area contributed by atoms with Crippen molar-refractivity contribution in [1.82, 2.24) is 9.62 Å². The van der Waals surface area contributed by atoms with Crippen LogP contribution in [0, 0.1) is 5.82 Å². The molecule has 1 rings (SSSR count). The molecule has 0 bridgehead atoms. The first-order valence-electron chi connectivity index (χ1n) is 6.67. The number of nitrogens with one attached hydrogen (secondary N) is 1. The highest BCUT2D eigenvalue weighted by molar-refractivity contribution is 7.89. The Labute approximate surface area is 120 Å². The second-order valence-corrected chi connectivity index (χ2v) is 6.23. The standard InChI is InChI=1S/C13H22FN3O2S/c1-3-17(4-2)9-5-8-16-20(18,19)11-6-7-13(15)12(14)10-11/h6-7,10,16H,3-5,8-9,15H2,1-2H3. The molecule has 0 fully saturated rings. The fourth-order valence-corrected chi connectivity index (χ4v) is 2.89. The van der Waals surface area contributed by atoms with E-state index in [-0.39, 0.29) is 10.6 Å². The first-order chi connectivity index (χ1) is 9.40. The molecule has 5 nitrogen and oxygen atoms in total. The van der Waals surface area contributed by atoms with Gasteiger partial charge >= 0.3 is 0 Å². The van der Waals surface area contributed by atoms with Gasteiger partial charge in [0.25, 0.3) is 0 Å². The lowest BCUT2D eigenvalue weighted by molar-refractivity contribution is 0.300. The number of rotatable bonds is 8. The van der Waals surface area contributed by atoms with Crippen LogP contribution < -0.4 is 10.5 Å². The van der Waals surface area contributed by atoms with Gasteiger partial charge in [-0.1, -0.05) is 13.8 Å². The van der Waals surface area contributed by atoms with Crippen LogP contribution in [-0.2, 0) is 10.0 Å². The molecule has 0 heterocycles. The number of nitrogen functional groups attached to an aromatic ring is 1. The van der Waals surface area contributed by atoms with Crippen molar-refractivity contribution in [2.75, 3.05) is 31.9 Å². The zero-order valence-electron chi connectivity index (χ0n) is 11.9. The van der Waals surface area contributed by atoms with Crippen LogP contribution in [0.2, 0.25) is 0 Å². The van der Waals surface area contributed by atoms with E-state index >= 15 is 0 Å². The Balaban J connectivity index is 2.55. The first-order valence-corrected chi connectivity index (χ1v) is 8.16. The second-order valence-electron chi connectivity index (χ2n) is 4.46. The van der Waals surface area contributed by atoms with E-state index in [1.807, 2.05) is 0 Å². The highest BCUT2D eigenvalue weighted by atomic mass is 32.2. The molecule has 114 valence electrons. The Morgan fingerprint density at radius 3 is 2.50 bits per heavy atom. The third-order valence-electron chi connectivity index (χ3n) is 3.12. The van der Waals surface area contributed by atoms with Crippen LogP contribution in [0.1, 0.15) is 20.3 Å². The maximum absolute atomic E-state index is 13.3. The number of nitrogens with zero attached hydrogens (tertiary/aromatic N) is 1. The van der Waals surface area contributed by atoms with E-state index in [0.29, 0.717) is 13.0 Å². The summed E-state index contributed by atoms with van der Waals surface area (Å²) in [6.07, 6.45) is 0.707. The molecule has 1 aromatic rings. The molecule has 1 aromatic carbocycles. The number of anilines is 1. The fraction of sp³-hybridized carbons (Fsp3) is 0.538. The number of benzene rings is 1. The molecule has 0 aliphatic carbocycles. The van der Waals surface area contributed by atoms with Crippen molar-refractivity contribution in [2.24, 2.45) is 0 Å². The smallest absolute Gasteiger partial charge is 0.240 e. The quantitative estimate of drug-likeness (QED) is 0.562. The highest BCUT2D eigenvalue weighted by Gasteiger charge is 2.15. The summed E-state index contributed by atoms with van der Waals surface area (Å²) >= 11 is 0. The van der Waals surface area contributed by atoms with Crippen LogP contribution in [0.3, 0.4) is 0 Å². The molecule has 0 saturated carbocycles. The molecule has 7 heteroatoms. The van der Waals surface area contributed by atoms with Crippen molar-refractivity contribution >= 4 is 15.7 Å². The molecule has 20 heavy (non-hydrogen) atoms. The second kappa shape index (κ2) is 7.56. The molecule has 0 atom stereocenters. The Morgan fingerprint density at radius 2 is 1.95 bits per heavy atom. The summed E-state index contributed by atoms with van der Waals surface area (Å²) in [6, 6.07) is 3.48. The van der Waals surface area contributed by atoms with E-state index in [4.69, 9.17) is 5.73 Å². The third-order valence-corrected chi connectivity index (χ3v) is 4.58. The van der Waals surface area contributed by atoms with Crippen molar-refractivity contribution in [3.05, 3.63) is 24.0 Å². The molecule has 0 radical (unpaired) electrons. The van der Waals surface area contributed by atoms with Gasteiger partial charge in [-0.2, -0.15) is 0 Å². The largest absolute Gasteiger partial charge is 0.396 e. The van der Waals surface area contributed by atoms with Gasteiger partial charge in [-0.05, 0) is 44.3 Å². The van der Waals surface area contributed by atoms with Gasteiger partial charge < -0.3 is 10.6 Å². The Kier molecular flexibility index (Phi) is 6.38. The van der Waals surface area contributed by atoms with Gasteiger partial charge in [0.1, 0.15) is 5.82 Å². The molecule has 0 aromatic heterocycles. The van der Waals surface area contributed by atoms with E-state index < -0.39 is 15.8 Å². The lowest BCUT2D eigenvalue weighted by Gasteiger charge is -2.17. The minimum atomic E-state index is -3.68. The van der Waals surface area contributed by atoms with E-state index in [1.54, 1.807) is 0 Å². The minimum Gasteiger partial charge on any atom is -0.396 e. The normalized spacial score (nSPS) is 12.0. The van der Waals surface area contributed by atoms with E-state index in [2.05, 4.69) is 23.5 Å². The van der Waals surface area contributed by atoms with Crippen LogP contribution in [0.5, 0.6) is 0 Å². The Hall–Kier alpha value is -1.18. The highest BCUT2D eigenvalue weighted by Crippen LogP contribution is 2.15. The van der Waals surface area contributed by atoms with Gasteiger partial charge in [-0.15, -0.1) is 0 Å². The fourth-order valence-electron chi connectivity index (χ4n) is 1.81. The summed E-state index contributed by atoms with van der Waals surface area (Å²) in [6.45, 7) is 7.14. The number of nitrogens with two attached hydrogens (primary N) is 1. The zero-order valence-corrected chi connectivity index (χ0v) is 12.7. The number of hydrogen-bond acceptors (Lipinski definition) is 4. The minimum absolute atomic E-state index is 0.0644. The average molecular weight is 303 g/mol.